The zero-order valence-electron chi connectivity index (χ0n) is 9.01. The molecule has 0 amide bonds. The van der Waals surface area contributed by atoms with Gasteiger partial charge in [-0.2, -0.15) is 0 Å². The predicted octanol–water partition coefficient (Wildman–Crippen LogP) is 3.43. The number of nitrogens with one attached hydrogen (secondary N) is 1. The monoisotopic (exact) mass is 287 g/mol. The molecule has 16 heavy (non-hydrogen) atoms. The van der Waals surface area contributed by atoms with Crippen LogP contribution < -0.4 is 5.32 Å². The van der Waals surface area contributed by atoms with Crippen molar-refractivity contribution in [3.63, 3.8) is 0 Å². The lowest BCUT2D eigenvalue weighted by molar-refractivity contribution is 0.0595. The molecule has 1 aromatic rings. The van der Waals surface area contributed by atoms with Crippen LogP contribution in [0.15, 0.2) is 22.7 Å². The molecule has 0 saturated carbocycles. The van der Waals surface area contributed by atoms with E-state index in [1.165, 1.54) is 6.07 Å². The molecular formula is C12H15BrFNO. The number of ether oxygens (including phenoxy) is 1. The Balaban J connectivity index is 1.88. The highest BCUT2D eigenvalue weighted by atomic mass is 79.9. The summed E-state index contributed by atoms with van der Waals surface area (Å²) in [7, 11) is 0. The lowest BCUT2D eigenvalue weighted by Gasteiger charge is -2.22. The van der Waals surface area contributed by atoms with Gasteiger partial charge in [-0.15, -0.1) is 0 Å². The maximum absolute atomic E-state index is 13.5. The van der Waals surface area contributed by atoms with Gasteiger partial charge in [0.05, 0.1) is 12.3 Å². The molecule has 0 aliphatic carbocycles. The number of rotatable bonds is 3. The smallest absolute Gasteiger partial charge is 0.147 e. The van der Waals surface area contributed by atoms with Gasteiger partial charge in [0.15, 0.2) is 0 Å². The molecule has 4 heteroatoms. The zero-order chi connectivity index (χ0) is 11.4. The Morgan fingerprint density at radius 3 is 3.06 bits per heavy atom. The highest BCUT2D eigenvalue weighted by Crippen LogP contribution is 2.20. The van der Waals surface area contributed by atoms with Gasteiger partial charge in [0.25, 0.3) is 0 Å². The minimum absolute atomic E-state index is 0.217. The topological polar surface area (TPSA) is 21.3 Å². The van der Waals surface area contributed by atoms with E-state index in [-0.39, 0.29) is 5.82 Å². The van der Waals surface area contributed by atoms with Gasteiger partial charge in [0.2, 0.25) is 0 Å². The van der Waals surface area contributed by atoms with Gasteiger partial charge in [0.1, 0.15) is 5.82 Å². The van der Waals surface area contributed by atoms with Crippen LogP contribution in [0.3, 0.4) is 0 Å². The maximum atomic E-state index is 13.5. The molecule has 1 aromatic carbocycles. The first-order valence-corrected chi connectivity index (χ1v) is 6.31. The first-order chi connectivity index (χ1) is 7.75. The van der Waals surface area contributed by atoms with Crippen molar-refractivity contribution < 1.29 is 9.13 Å². The molecule has 1 atom stereocenters. The second-order valence-electron chi connectivity index (χ2n) is 4.09. The van der Waals surface area contributed by atoms with Crippen LogP contribution in [0.1, 0.15) is 12.8 Å². The molecule has 88 valence electrons. The van der Waals surface area contributed by atoms with Gasteiger partial charge in [-0.3, -0.25) is 0 Å². The molecule has 0 radical (unpaired) electrons. The summed E-state index contributed by atoms with van der Waals surface area (Å²) in [6.45, 7) is 2.42. The Morgan fingerprint density at radius 2 is 2.38 bits per heavy atom. The Labute approximate surface area is 103 Å². The second kappa shape index (κ2) is 5.64. The fraction of sp³-hybridized carbons (Fsp3) is 0.500. The molecular weight excluding hydrogens is 273 g/mol. The van der Waals surface area contributed by atoms with Gasteiger partial charge in [-0.25, -0.2) is 4.39 Å². The highest BCUT2D eigenvalue weighted by molar-refractivity contribution is 9.10. The molecule has 1 N–H and O–H groups in total. The van der Waals surface area contributed by atoms with Crippen molar-refractivity contribution in [1.29, 1.82) is 0 Å². The van der Waals surface area contributed by atoms with E-state index in [1.807, 2.05) is 6.07 Å². The average molecular weight is 288 g/mol. The maximum Gasteiger partial charge on any atom is 0.147 e. The van der Waals surface area contributed by atoms with E-state index in [4.69, 9.17) is 4.74 Å². The minimum Gasteiger partial charge on any atom is -0.382 e. The number of hydrogen-bond acceptors (Lipinski definition) is 2. The fourth-order valence-electron chi connectivity index (χ4n) is 1.86. The molecule has 1 aliphatic rings. The van der Waals surface area contributed by atoms with Gasteiger partial charge in [-0.05, 0) is 37.0 Å². The molecule has 1 heterocycles. The van der Waals surface area contributed by atoms with Crippen molar-refractivity contribution in [1.82, 2.24) is 0 Å². The highest BCUT2D eigenvalue weighted by Gasteiger charge is 2.14. The van der Waals surface area contributed by atoms with Crippen molar-refractivity contribution in [3.05, 3.63) is 28.5 Å². The minimum atomic E-state index is -0.217. The zero-order valence-corrected chi connectivity index (χ0v) is 10.6. The number of anilines is 1. The third-order valence-corrected chi connectivity index (χ3v) is 3.26. The van der Waals surface area contributed by atoms with Gasteiger partial charge < -0.3 is 10.1 Å². The van der Waals surface area contributed by atoms with Crippen molar-refractivity contribution in [3.8, 4) is 0 Å². The largest absolute Gasteiger partial charge is 0.382 e. The van der Waals surface area contributed by atoms with Gasteiger partial charge in [-0.1, -0.05) is 15.9 Å². The molecule has 2 rings (SSSR count). The quantitative estimate of drug-likeness (QED) is 0.920. The summed E-state index contributed by atoms with van der Waals surface area (Å²) in [5.41, 5.74) is 0.564. The molecule has 2 nitrogen and oxygen atoms in total. The van der Waals surface area contributed by atoms with Crippen molar-refractivity contribution in [2.24, 2.45) is 5.92 Å². The number of halogens is 2. The van der Waals surface area contributed by atoms with Gasteiger partial charge >= 0.3 is 0 Å². The van der Waals surface area contributed by atoms with Crippen molar-refractivity contribution in [2.75, 3.05) is 25.1 Å². The Kier molecular flexibility index (Phi) is 4.18. The molecule has 1 aliphatic heterocycles. The van der Waals surface area contributed by atoms with Crippen LogP contribution in [0.25, 0.3) is 0 Å². The van der Waals surface area contributed by atoms with Crippen LogP contribution in [0.5, 0.6) is 0 Å². The summed E-state index contributed by atoms with van der Waals surface area (Å²) >= 11 is 3.24. The van der Waals surface area contributed by atoms with E-state index in [1.54, 1.807) is 6.07 Å². The lowest BCUT2D eigenvalue weighted by Crippen LogP contribution is -2.24. The van der Waals surface area contributed by atoms with Gasteiger partial charge in [0, 0.05) is 17.6 Å². The van der Waals surface area contributed by atoms with Crippen LogP contribution in [0, 0.1) is 11.7 Å². The summed E-state index contributed by atoms with van der Waals surface area (Å²) < 4.78 is 19.6. The SMILES string of the molecule is Fc1cc(Br)ccc1NCC1CCCOC1. The first kappa shape index (κ1) is 11.9. The Bertz CT molecular complexity index is 353. The van der Waals surface area contributed by atoms with E-state index in [2.05, 4.69) is 21.2 Å². The molecule has 1 saturated heterocycles. The van der Waals surface area contributed by atoms with Crippen LogP contribution >= 0.6 is 15.9 Å². The third-order valence-electron chi connectivity index (χ3n) is 2.77. The fourth-order valence-corrected chi connectivity index (χ4v) is 2.19. The van der Waals surface area contributed by atoms with Crippen LogP contribution in [0.4, 0.5) is 10.1 Å². The average Bonchev–Trinajstić information content (AvgIpc) is 2.29. The van der Waals surface area contributed by atoms with E-state index in [0.29, 0.717) is 11.6 Å². The van der Waals surface area contributed by atoms with E-state index >= 15 is 0 Å². The molecule has 1 fully saturated rings. The third kappa shape index (κ3) is 3.19. The first-order valence-electron chi connectivity index (χ1n) is 5.52. The van der Waals surface area contributed by atoms with Crippen molar-refractivity contribution >= 4 is 21.6 Å². The molecule has 0 aromatic heterocycles. The van der Waals surface area contributed by atoms with Crippen LogP contribution in [0.2, 0.25) is 0 Å². The predicted molar refractivity (Wildman–Crippen MR) is 66.1 cm³/mol. The van der Waals surface area contributed by atoms with Crippen molar-refractivity contribution in [2.45, 2.75) is 12.8 Å². The van der Waals surface area contributed by atoms with E-state index in [0.717, 1.165) is 37.1 Å². The van der Waals surface area contributed by atoms with Crippen LogP contribution in [-0.2, 0) is 4.74 Å². The Morgan fingerprint density at radius 1 is 1.50 bits per heavy atom. The Hall–Kier alpha value is -0.610. The molecule has 0 bridgehead atoms. The summed E-state index contributed by atoms with van der Waals surface area (Å²) in [6.07, 6.45) is 2.26. The summed E-state index contributed by atoms with van der Waals surface area (Å²) in [4.78, 5) is 0. The molecule has 1 unspecified atom stereocenters. The van der Waals surface area contributed by atoms with E-state index in [9.17, 15) is 4.39 Å². The lowest BCUT2D eigenvalue weighted by atomic mass is 10.0. The molecule has 0 spiro atoms. The summed E-state index contributed by atoms with van der Waals surface area (Å²) in [5.74, 6) is 0.280. The summed E-state index contributed by atoms with van der Waals surface area (Å²) in [6, 6.07) is 5.06. The number of hydrogen-bond donors (Lipinski definition) is 1. The summed E-state index contributed by atoms with van der Waals surface area (Å²) in [5, 5.41) is 3.13. The second-order valence-corrected chi connectivity index (χ2v) is 5.00. The van der Waals surface area contributed by atoms with E-state index < -0.39 is 0 Å². The standard InChI is InChI=1S/C12H15BrFNO/c13-10-3-4-12(11(14)6-10)15-7-9-2-1-5-16-8-9/h3-4,6,9,15H,1-2,5,7-8H2. The van der Waals surface area contributed by atoms with Crippen LogP contribution in [-0.4, -0.2) is 19.8 Å². The number of benzene rings is 1. The normalized spacial score (nSPS) is 20.8.